The van der Waals surface area contributed by atoms with E-state index in [1.54, 1.807) is 0 Å². The van der Waals surface area contributed by atoms with Crippen LogP contribution in [0.15, 0.2) is 24.3 Å². The molecule has 3 nitrogen and oxygen atoms in total. The van der Waals surface area contributed by atoms with E-state index in [2.05, 4.69) is 23.5 Å². The largest absolute Gasteiger partial charge is 0.356 e. The molecule has 1 unspecified atom stereocenters. The fraction of sp³-hybridized carbons (Fsp3) is 0.588. The Morgan fingerprint density at radius 2 is 2.00 bits per heavy atom. The van der Waals surface area contributed by atoms with Crippen LogP contribution in [0, 0.1) is 0 Å². The molecule has 0 spiro atoms. The van der Waals surface area contributed by atoms with Gasteiger partial charge in [0.05, 0.1) is 5.92 Å². The monoisotopic (exact) mass is 274 g/mol. The number of rotatable bonds is 7. The third-order valence-corrected chi connectivity index (χ3v) is 4.12. The van der Waals surface area contributed by atoms with Crippen molar-refractivity contribution in [3.63, 3.8) is 0 Å². The first-order valence-corrected chi connectivity index (χ1v) is 7.88. The highest BCUT2D eigenvalue weighted by atomic mass is 16.1. The number of nitrogens with one attached hydrogen (secondary N) is 1. The van der Waals surface area contributed by atoms with Crippen LogP contribution in [0.5, 0.6) is 0 Å². The fourth-order valence-electron chi connectivity index (χ4n) is 2.98. The normalized spacial score (nSPS) is 17.6. The van der Waals surface area contributed by atoms with Gasteiger partial charge in [-0.25, -0.2) is 0 Å². The lowest BCUT2D eigenvalue weighted by Gasteiger charge is -2.24. The minimum atomic E-state index is 0.0593. The van der Waals surface area contributed by atoms with Gasteiger partial charge in [0.25, 0.3) is 0 Å². The lowest BCUT2D eigenvalue weighted by atomic mass is 9.82. The SMILES string of the molecule is NCCCCCCNC(=O)C1CCCc2ccccc21. The highest BCUT2D eigenvalue weighted by Crippen LogP contribution is 2.31. The van der Waals surface area contributed by atoms with Crippen LogP contribution in [0.1, 0.15) is 55.6 Å². The van der Waals surface area contributed by atoms with Crippen LogP contribution in [-0.2, 0) is 11.2 Å². The Labute approximate surface area is 121 Å². The Morgan fingerprint density at radius 3 is 2.85 bits per heavy atom. The Morgan fingerprint density at radius 1 is 1.20 bits per heavy atom. The number of aryl methyl sites for hydroxylation is 1. The van der Waals surface area contributed by atoms with Crippen LogP contribution in [0.25, 0.3) is 0 Å². The molecule has 1 aromatic carbocycles. The Kier molecular flexibility index (Phi) is 6.06. The number of unbranched alkanes of at least 4 members (excludes halogenated alkanes) is 3. The molecule has 0 fully saturated rings. The first-order chi connectivity index (χ1) is 9.83. The summed E-state index contributed by atoms with van der Waals surface area (Å²) in [5.74, 6) is 0.264. The highest BCUT2D eigenvalue weighted by Gasteiger charge is 2.25. The summed E-state index contributed by atoms with van der Waals surface area (Å²) in [7, 11) is 0. The van der Waals surface area contributed by atoms with E-state index < -0.39 is 0 Å². The molecule has 2 rings (SSSR count). The molecule has 0 aromatic heterocycles. The zero-order valence-electron chi connectivity index (χ0n) is 12.2. The van der Waals surface area contributed by atoms with Crippen LogP contribution in [0.2, 0.25) is 0 Å². The van der Waals surface area contributed by atoms with Crippen molar-refractivity contribution in [2.24, 2.45) is 5.73 Å². The molecule has 3 N–H and O–H groups in total. The molecule has 0 saturated heterocycles. The average molecular weight is 274 g/mol. The minimum Gasteiger partial charge on any atom is -0.356 e. The van der Waals surface area contributed by atoms with E-state index >= 15 is 0 Å². The number of hydrogen-bond donors (Lipinski definition) is 2. The second kappa shape index (κ2) is 8.05. The van der Waals surface area contributed by atoms with E-state index in [1.807, 2.05) is 6.07 Å². The van der Waals surface area contributed by atoms with Crippen LogP contribution in [0.3, 0.4) is 0 Å². The van der Waals surface area contributed by atoms with Gasteiger partial charge in [-0.05, 0) is 49.8 Å². The zero-order valence-corrected chi connectivity index (χ0v) is 12.2. The maximum atomic E-state index is 12.3. The Balaban J connectivity index is 1.79. The molecule has 3 heteroatoms. The smallest absolute Gasteiger partial charge is 0.227 e. The molecule has 20 heavy (non-hydrogen) atoms. The second-order valence-corrected chi connectivity index (χ2v) is 5.64. The lowest BCUT2D eigenvalue weighted by molar-refractivity contribution is -0.122. The van der Waals surface area contributed by atoms with Crippen molar-refractivity contribution in [1.29, 1.82) is 0 Å². The third kappa shape index (κ3) is 4.07. The van der Waals surface area contributed by atoms with E-state index in [-0.39, 0.29) is 11.8 Å². The summed E-state index contributed by atoms with van der Waals surface area (Å²) in [6.07, 6.45) is 7.67. The number of amides is 1. The summed E-state index contributed by atoms with van der Waals surface area (Å²) >= 11 is 0. The molecule has 0 heterocycles. The van der Waals surface area contributed by atoms with Gasteiger partial charge in [0.2, 0.25) is 5.91 Å². The van der Waals surface area contributed by atoms with Crippen LogP contribution < -0.4 is 11.1 Å². The number of fused-ring (bicyclic) bond motifs is 1. The van der Waals surface area contributed by atoms with Gasteiger partial charge >= 0.3 is 0 Å². The molecular weight excluding hydrogens is 248 g/mol. The van der Waals surface area contributed by atoms with E-state index in [0.717, 1.165) is 51.6 Å². The molecule has 110 valence electrons. The first kappa shape index (κ1) is 15.0. The Hall–Kier alpha value is -1.35. The quantitative estimate of drug-likeness (QED) is 0.751. The summed E-state index contributed by atoms with van der Waals surface area (Å²) in [6, 6.07) is 8.37. The molecule has 1 aliphatic rings. The van der Waals surface area contributed by atoms with Gasteiger partial charge < -0.3 is 11.1 Å². The predicted molar refractivity (Wildman–Crippen MR) is 82.7 cm³/mol. The van der Waals surface area contributed by atoms with Gasteiger partial charge in [0.1, 0.15) is 0 Å². The predicted octanol–water partition coefficient (Wildman–Crippen LogP) is 2.74. The maximum absolute atomic E-state index is 12.3. The average Bonchev–Trinajstić information content (AvgIpc) is 2.50. The first-order valence-electron chi connectivity index (χ1n) is 7.88. The number of hydrogen-bond acceptors (Lipinski definition) is 2. The van der Waals surface area contributed by atoms with E-state index in [0.29, 0.717) is 0 Å². The second-order valence-electron chi connectivity index (χ2n) is 5.64. The fourth-order valence-corrected chi connectivity index (χ4v) is 2.98. The molecular formula is C17H26N2O. The van der Waals surface area contributed by atoms with Gasteiger partial charge in [-0.2, -0.15) is 0 Å². The number of nitrogens with two attached hydrogens (primary N) is 1. The van der Waals surface area contributed by atoms with Crippen molar-refractivity contribution in [3.05, 3.63) is 35.4 Å². The van der Waals surface area contributed by atoms with E-state index in [1.165, 1.54) is 17.5 Å². The Bertz CT molecular complexity index is 431. The molecule has 1 amide bonds. The van der Waals surface area contributed by atoms with Crippen molar-refractivity contribution in [2.45, 2.75) is 50.9 Å². The third-order valence-electron chi connectivity index (χ3n) is 4.12. The van der Waals surface area contributed by atoms with Crippen molar-refractivity contribution in [2.75, 3.05) is 13.1 Å². The maximum Gasteiger partial charge on any atom is 0.227 e. The van der Waals surface area contributed by atoms with Gasteiger partial charge in [0.15, 0.2) is 0 Å². The van der Waals surface area contributed by atoms with Crippen molar-refractivity contribution >= 4 is 5.91 Å². The molecule has 0 radical (unpaired) electrons. The topological polar surface area (TPSA) is 55.1 Å². The minimum absolute atomic E-state index is 0.0593. The van der Waals surface area contributed by atoms with Crippen LogP contribution in [-0.4, -0.2) is 19.0 Å². The summed E-state index contributed by atoms with van der Waals surface area (Å²) in [4.78, 5) is 12.3. The van der Waals surface area contributed by atoms with Gasteiger partial charge in [-0.3, -0.25) is 4.79 Å². The molecule has 1 atom stereocenters. The van der Waals surface area contributed by atoms with Gasteiger partial charge in [0, 0.05) is 6.54 Å². The molecule has 0 aliphatic heterocycles. The van der Waals surface area contributed by atoms with Crippen molar-refractivity contribution < 1.29 is 4.79 Å². The van der Waals surface area contributed by atoms with Crippen LogP contribution >= 0.6 is 0 Å². The standard InChI is InChI=1S/C17H26N2O/c18-12-5-1-2-6-13-19-17(20)16-11-7-9-14-8-3-4-10-15(14)16/h3-4,8,10,16H,1-2,5-7,9,11-13,18H2,(H,19,20). The summed E-state index contributed by atoms with van der Waals surface area (Å²) in [5.41, 5.74) is 8.05. The van der Waals surface area contributed by atoms with Crippen molar-refractivity contribution in [3.8, 4) is 0 Å². The van der Waals surface area contributed by atoms with Crippen LogP contribution in [0.4, 0.5) is 0 Å². The summed E-state index contributed by atoms with van der Waals surface area (Å²) in [5, 5.41) is 3.10. The zero-order chi connectivity index (χ0) is 14.2. The lowest BCUT2D eigenvalue weighted by Crippen LogP contribution is -2.32. The molecule has 0 saturated carbocycles. The van der Waals surface area contributed by atoms with Crippen molar-refractivity contribution in [1.82, 2.24) is 5.32 Å². The van der Waals surface area contributed by atoms with Gasteiger partial charge in [-0.1, -0.05) is 37.1 Å². The molecule has 1 aliphatic carbocycles. The van der Waals surface area contributed by atoms with E-state index in [4.69, 9.17) is 5.73 Å². The summed E-state index contributed by atoms with van der Waals surface area (Å²) < 4.78 is 0. The highest BCUT2D eigenvalue weighted by molar-refractivity contribution is 5.84. The molecule has 1 aromatic rings. The van der Waals surface area contributed by atoms with E-state index in [9.17, 15) is 4.79 Å². The number of carbonyl (C=O) groups is 1. The van der Waals surface area contributed by atoms with Gasteiger partial charge in [-0.15, -0.1) is 0 Å². The molecule has 0 bridgehead atoms. The summed E-state index contributed by atoms with van der Waals surface area (Å²) in [6.45, 7) is 1.56. The number of carbonyl (C=O) groups excluding carboxylic acids is 1. The number of benzene rings is 1.